The molecule has 1 saturated heterocycles. The molecule has 3 rings (SSSR count). The van der Waals surface area contributed by atoms with E-state index in [1.54, 1.807) is 0 Å². The van der Waals surface area contributed by atoms with Crippen molar-refractivity contribution >= 4 is 35.8 Å². The number of rotatable bonds is 5. The van der Waals surface area contributed by atoms with Crippen molar-refractivity contribution in [2.45, 2.75) is 13.5 Å². The predicted molar refractivity (Wildman–Crippen MR) is 121 cm³/mol. The van der Waals surface area contributed by atoms with Crippen molar-refractivity contribution in [3.8, 4) is 5.75 Å². The second-order valence-corrected chi connectivity index (χ2v) is 6.14. The molecular formula is C20H28IN5O. The van der Waals surface area contributed by atoms with E-state index >= 15 is 0 Å². The van der Waals surface area contributed by atoms with Gasteiger partial charge in [-0.15, -0.1) is 24.0 Å². The molecule has 2 heterocycles. The van der Waals surface area contributed by atoms with E-state index in [0.29, 0.717) is 6.61 Å². The van der Waals surface area contributed by atoms with Crippen LogP contribution in [0, 0.1) is 0 Å². The maximum atomic E-state index is 5.57. The van der Waals surface area contributed by atoms with Crippen molar-refractivity contribution < 1.29 is 4.74 Å². The lowest BCUT2D eigenvalue weighted by atomic mass is 10.2. The summed E-state index contributed by atoms with van der Waals surface area (Å²) in [7, 11) is 1.84. The van der Waals surface area contributed by atoms with Crippen LogP contribution in [0.25, 0.3) is 0 Å². The summed E-state index contributed by atoms with van der Waals surface area (Å²) >= 11 is 0. The highest BCUT2D eigenvalue weighted by Crippen LogP contribution is 2.14. The first kappa shape index (κ1) is 21.3. The molecule has 1 N–H and O–H groups in total. The molecule has 146 valence electrons. The first-order chi connectivity index (χ1) is 12.8. The Hall–Kier alpha value is -2.03. The van der Waals surface area contributed by atoms with Crippen molar-refractivity contribution in [1.29, 1.82) is 0 Å². The molecule has 0 bridgehead atoms. The molecule has 27 heavy (non-hydrogen) atoms. The smallest absolute Gasteiger partial charge is 0.194 e. The third-order valence-electron chi connectivity index (χ3n) is 4.42. The number of nitrogens with zero attached hydrogens (tertiary/aromatic N) is 4. The molecule has 0 saturated carbocycles. The van der Waals surface area contributed by atoms with Gasteiger partial charge in [-0.2, -0.15) is 0 Å². The van der Waals surface area contributed by atoms with Gasteiger partial charge in [-0.1, -0.05) is 18.2 Å². The van der Waals surface area contributed by atoms with Gasteiger partial charge in [0.2, 0.25) is 0 Å². The molecule has 0 amide bonds. The van der Waals surface area contributed by atoms with Gasteiger partial charge in [-0.05, 0) is 36.8 Å². The molecule has 6 nitrogen and oxygen atoms in total. The fourth-order valence-electron chi connectivity index (χ4n) is 3.11. The second kappa shape index (κ2) is 11.0. The molecule has 1 aliphatic rings. The maximum Gasteiger partial charge on any atom is 0.194 e. The molecule has 0 aliphatic carbocycles. The van der Waals surface area contributed by atoms with Crippen LogP contribution < -0.4 is 15.0 Å². The van der Waals surface area contributed by atoms with Gasteiger partial charge in [0.15, 0.2) is 5.96 Å². The molecule has 1 fully saturated rings. The van der Waals surface area contributed by atoms with E-state index < -0.39 is 0 Å². The van der Waals surface area contributed by atoms with Crippen LogP contribution in [0.3, 0.4) is 0 Å². The SMILES string of the molecule is CCOc1cccc(CNC(=NC)N2CCN(c3ccccn3)CC2)c1.I. The van der Waals surface area contributed by atoms with Gasteiger partial charge in [0.05, 0.1) is 6.61 Å². The fourth-order valence-corrected chi connectivity index (χ4v) is 3.11. The van der Waals surface area contributed by atoms with Crippen LogP contribution in [0.4, 0.5) is 5.82 Å². The van der Waals surface area contributed by atoms with Crippen LogP contribution in [0.2, 0.25) is 0 Å². The van der Waals surface area contributed by atoms with Crippen molar-refractivity contribution in [3.05, 3.63) is 54.2 Å². The highest BCUT2D eigenvalue weighted by atomic mass is 127. The third kappa shape index (κ3) is 5.98. The molecular weight excluding hydrogens is 453 g/mol. The maximum absolute atomic E-state index is 5.57. The van der Waals surface area contributed by atoms with Crippen LogP contribution in [-0.2, 0) is 6.54 Å². The summed E-state index contributed by atoms with van der Waals surface area (Å²) < 4.78 is 5.57. The van der Waals surface area contributed by atoms with Crippen LogP contribution >= 0.6 is 24.0 Å². The summed E-state index contributed by atoms with van der Waals surface area (Å²) in [6.45, 7) is 7.14. The van der Waals surface area contributed by atoms with E-state index in [9.17, 15) is 0 Å². The molecule has 2 aromatic rings. The molecule has 0 radical (unpaired) electrons. The number of hydrogen-bond donors (Lipinski definition) is 1. The third-order valence-corrected chi connectivity index (χ3v) is 4.42. The second-order valence-electron chi connectivity index (χ2n) is 6.14. The van der Waals surface area contributed by atoms with Gasteiger partial charge < -0.3 is 19.9 Å². The number of hydrogen-bond acceptors (Lipinski definition) is 4. The summed E-state index contributed by atoms with van der Waals surface area (Å²) in [6.07, 6.45) is 1.85. The lowest BCUT2D eigenvalue weighted by Crippen LogP contribution is -2.52. The van der Waals surface area contributed by atoms with Gasteiger partial charge in [-0.25, -0.2) is 4.98 Å². The van der Waals surface area contributed by atoms with E-state index in [1.807, 2.05) is 44.4 Å². The number of benzene rings is 1. The van der Waals surface area contributed by atoms with E-state index in [1.165, 1.54) is 5.56 Å². The minimum Gasteiger partial charge on any atom is -0.494 e. The Morgan fingerprint density at radius 1 is 1.15 bits per heavy atom. The van der Waals surface area contributed by atoms with Crippen molar-refractivity contribution in [2.75, 3.05) is 44.7 Å². The number of pyridine rings is 1. The summed E-state index contributed by atoms with van der Waals surface area (Å²) in [6, 6.07) is 14.2. The van der Waals surface area contributed by atoms with Gasteiger partial charge in [0.25, 0.3) is 0 Å². The highest BCUT2D eigenvalue weighted by Gasteiger charge is 2.20. The Labute approximate surface area is 178 Å². The summed E-state index contributed by atoms with van der Waals surface area (Å²) in [5.74, 6) is 2.89. The van der Waals surface area contributed by atoms with E-state index in [-0.39, 0.29) is 24.0 Å². The first-order valence-electron chi connectivity index (χ1n) is 9.13. The number of guanidine groups is 1. The molecule has 1 aromatic heterocycles. The van der Waals surface area contributed by atoms with Crippen LogP contribution in [0.1, 0.15) is 12.5 Å². The molecule has 0 spiro atoms. The van der Waals surface area contributed by atoms with Crippen molar-refractivity contribution in [1.82, 2.24) is 15.2 Å². The molecule has 1 aliphatic heterocycles. The van der Waals surface area contributed by atoms with Crippen molar-refractivity contribution in [2.24, 2.45) is 4.99 Å². The number of halogens is 1. The fraction of sp³-hybridized carbons (Fsp3) is 0.400. The van der Waals surface area contributed by atoms with E-state index in [4.69, 9.17) is 4.74 Å². The number of ether oxygens (including phenoxy) is 1. The number of piperazine rings is 1. The highest BCUT2D eigenvalue weighted by molar-refractivity contribution is 14.0. The zero-order valence-corrected chi connectivity index (χ0v) is 18.3. The van der Waals surface area contributed by atoms with Crippen LogP contribution in [-0.4, -0.2) is 55.7 Å². The Balaban J connectivity index is 0.00000261. The monoisotopic (exact) mass is 481 g/mol. The standard InChI is InChI=1S/C20H27N5O.HI/c1-3-26-18-8-6-7-17(15-18)16-23-20(21-2)25-13-11-24(12-14-25)19-9-4-5-10-22-19;/h4-10,15H,3,11-14,16H2,1-2H3,(H,21,23);1H. The molecule has 0 atom stereocenters. The van der Waals surface area contributed by atoms with Crippen LogP contribution in [0.5, 0.6) is 5.75 Å². The zero-order chi connectivity index (χ0) is 18.2. The summed E-state index contributed by atoms with van der Waals surface area (Å²) in [5.41, 5.74) is 1.18. The zero-order valence-electron chi connectivity index (χ0n) is 16.0. The lowest BCUT2D eigenvalue weighted by Gasteiger charge is -2.37. The molecule has 0 unspecified atom stereocenters. The number of aromatic nitrogens is 1. The number of aliphatic imine (C=N–C) groups is 1. The Morgan fingerprint density at radius 2 is 1.96 bits per heavy atom. The Bertz CT molecular complexity index is 717. The number of anilines is 1. The van der Waals surface area contributed by atoms with Gasteiger partial charge in [0.1, 0.15) is 11.6 Å². The average Bonchev–Trinajstić information content (AvgIpc) is 2.70. The van der Waals surface area contributed by atoms with E-state index in [2.05, 4.69) is 43.3 Å². The lowest BCUT2D eigenvalue weighted by molar-refractivity contribution is 0.339. The van der Waals surface area contributed by atoms with Crippen molar-refractivity contribution in [3.63, 3.8) is 0 Å². The summed E-state index contributed by atoms with van der Waals surface area (Å²) in [5, 5.41) is 3.47. The Morgan fingerprint density at radius 3 is 2.63 bits per heavy atom. The Kier molecular flexibility index (Phi) is 8.63. The summed E-state index contributed by atoms with van der Waals surface area (Å²) in [4.78, 5) is 13.5. The number of nitrogens with one attached hydrogen (secondary N) is 1. The van der Waals surface area contributed by atoms with E-state index in [0.717, 1.165) is 50.3 Å². The topological polar surface area (TPSA) is 53.0 Å². The minimum absolute atomic E-state index is 0. The molecule has 7 heteroatoms. The molecule has 1 aromatic carbocycles. The van der Waals surface area contributed by atoms with Gasteiger partial charge in [-0.3, -0.25) is 4.99 Å². The minimum atomic E-state index is 0. The average molecular weight is 481 g/mol. The van der Waals surface area contributed by atoms with Crippen LogP contribution in [0.15, 0.2) is 53.7 Å². The van der Waals surface area contributed by atoms with Gasteiger partial charge in [0, 0.05) is 46.0 Å². The largest absolute Gasteiger partial charge is 0.494 e. The quantitative estimate of drug-likeness (QED) is 0.405. The first-order valence-corrected chi connectivity index (χ1v) is 9.13. The predicted octanol–water partition coefficient (Wildman–Crippen LogP) is 3.00. The van der Waals surface area contributed by atoms with Gasteiger partial charge >= 0.3 is 0 Å². The normalized spacial score (nSPS) is 14.5.